The second-order valence-corrected chi connectivity index (χ2v) is 5.34. The van der Waals surface area contributed by atoms with E-state index < -0.39 is 24.2 Å². The second-order valence-electron chi connectivity index (χ2n) is 5.34. The molecule has 11 nitrogen and oxygen atoms in total. The number of esters is 2. The summed E-state index contributed by atoms with van der Waals surface area (Å²) in [6.07, 6.45) is -1.88. The Labute approximate surface area is 168 Å². The van der Waals surface area contributed by atoms with Crippen LogP contribution < -0.4 is 0 Å². The van der Waals surface area contributed by atoms with Gasteiger partial charge in [0.2, 0.25) is 0 Å². The largest absolute Gasteiger partial charge is 0.508 e. The van der Waals surface area contributed by atoms with Crippen LogP contribution in [0.25, 0.3) is 0 Å². The van der Waals surface area contributed by atoms with E-state index in [1.54, 1.807) is 0 Å². The molecule has 29 heavy (non-hydrogen) atoms. The summed E-state index contributed by atoms with van der Waals surface area (Å²) >= 11 is 0. The number of ether oxygens (including phenoxy) is 7. The zero-order valence-electron chi connectivity index (χ0n) is 16.6. The molecular formula is C18H26O11. The second kappa shape index (κ2) is 15.9. The molecule has 0 saturated heterocycles. The van der Waals surface area contributed by atoms with Gasteiger partial charge in [0.15, 0.2) is 0 Å². The predicted octanol–water partition coefficient (Wildman–Crippen LogP) is 1.55. The summed E-state index contributed by atoms with van der Waals surface area (Å²) in [5.41, 5.74) is 0.483. The van der Waals surface area contributed by atoms with Crippen LogP contribution in [-0.4, -0.2) is 77.1 Å². The van der Waals surface area contributed by atoms with Gasteiger partial charge in [0.25, 0.3) is 0 Å². The van der Waals surface area contributed by atoms with Crippen molar-refractivity contribution in [3.05, 3.63) is 24.3 Å². The van der Waals surface area contributed by atoms with Crippen LogP contribution in [0, 0.1) is 0 Å². The molecule has 0 aliphatic heterocycles. The van der Waals surface area contributed by atoms with Gasteiger partial charge in [-0.25, -0.2) is 19.2 Å². The topological polar surface area (TPSA) is 133 Å². The molecule has 0 aromatic carbocycles. The van der Waals surface area contributed by atoms with Crippen LogP contribution in [-0.2, 0) is 42.7 Å². The standard InChI is InChI=1S/C18H26O11/c1-13(2)15(19)24-9-11-28-17(21)26-7-5-23-6-8-27-18(22)29-12-10-25-16(20)14(3)4/h1,3,5-12H2,2,4H3. The van der Waals surface area contributed by atoms with Crippen molar-refractivity contribution in [3.8, 4) is 0 Å². The number of carbonyl (C=O) groups excluding carboxylic acids is 4. The van der Waals surface area contributed by atoms with E-state index in [1.165, 1.54) is 13.8 Å². The molecule has 0 rings (SSSR count). The van der Waals surface area contributed by atoms with E-state index in [0.717, 1.165) is 0 Å². The third kappa shape index (κ3) is 15.7. The van der Waals surface area contributed by atoms with Crippen LogP contribution in [0.5, 0.6) is 0 Å². The van der Waals surface area contributed by atoms with Crippen molar-refractivity contribution < 1.29 is 52.3 Å². The molecule has 0 amide bonds. The van der Waals surface area contributed by atoms with Gasteiger partial charge in [-0.15, -0.1) is 0 Å². The predicted molar refractivity (Wildman–Crippen MR) is 97.0 cm³/mol. The molecule has 0 fully saturated rings. The quantitative estimate of drug-likeness (QED) is 0.176. The zero-order valence-corrected chi connectivity index (χ0v) is 16.6. The molecule has 0 aliphatic carbocycles. The first-order valence-corrected chi connectivity index (χ1v) is 8.56. The van der Waals surface area contributed by atoms with Crippen LogP contribution in [0.15, 0.2) is 24.3 Å². The molecule has 164 valence electrons. The molecule has 0 aromatic heterocycles. The van der Waals surface area contributed by atoms with Crippen molar-refractivity contribution in [1.29, 1.82) is 0 Å². The van der Waals surface area contributed by atoms with E-state index in [0.29, 0.717) is 0 Å². The summed E-state index contributed by atoms with van der Waals surface area (Å²) < 4.78 is 33.2. The molecule has 0 aromatic rings. The van der Waals surface area contributed by atoms with Crippen LogP contribution in [0.3, 0.4) is 0 Å². The van der Waals surface area contributed by atoms with Crippen molar-refractivity contribution in [2.75, 3.05) is 52.9 Å². The molecule has 0 unspecified atom stereocenters. The summed E-state index contributed by atoms with van der Waals surface area (Å²) in [7, 11) is 0. The third-order valence-corrected chi connectivity index (χ3v) is 2.66. The summed E-state index contributed by atoms with van der Waals surface area (Å²) in [5, 5.41) is 0. The minimum atomic E-state index is -0.938. The first kappa shape index (κ1) is 25.9. The monoisotopic (exact) mass is 418 g/mol. The molecule has 0 spiro atoms. The molecule has 0 heterocycles. The van der Waals surface area contributed by atoms with Crippen molar-refractivity contribution in [1.82, 2.24) is 0 Å². The molecule has 0 atom stereocenters. The lowest BCUT2D eigenvalue weighted by Gasteiger charge is -2.08. The van der Waals surface area contributed by atoms with E-state index >= 15 is 0 Å². The van der Waals surface area contributed by atoms with Crippen molar-refractivity contribution in [2.24, 2.45) is 0 Å². The van der Waals surface area contributed by atoms with Gasteiger partial charge < -0.3 is 33.2 Å². The minimum Gasteiger partial charge on any atom is -0.459 e. The third-order valence-electron chi connectivity index (χ3n) is 2.66. The molecule has 0 saturated carbocycles. The lowest BCUT2D eigenvalue weighted by Crippen LogP contribution is -2.18. The van der Waals surface area contributed by atoms with Gasteiger partial charge in [0.1, 0.15) is 39.6 Å². The minimum absolute atomic E-state index is 0.0506. The molecule has 0 aliphatic rings. The Bertz CT molecular complexity index is 532. The number of rotatable bonds is 14. The van der Waals surface area contributed by atoms with Crippen LogP contribution >= 0.6 is 0 Å². The van der Waals surface area contributed by atoms with Gasteiger partial charge in [-0.3, -0.25) is 0 Å². The Morgan fingerprint density at radius 2 is 0.793 bits per heavy atom. The summed E-state index contributed by atoms with van der Waals surface area (Å²) in [4.78, 5) is 44.6. The van der Waals surface area contributed by atoms with Gasteiger partial charge in [0.05, 0.1) is 13.2 Å². The van der Waals surface area contributed by atoms with E-state index in [-0.39, 0.29) is 64.0 Å². The highest BCUT2D eigenvalue weighted by molar-refractivity contribution is 5.87. The van der Waals surface area contributed by atoms with Crippen LogP contribution in [0.2, 0.25) is 0 Å². The van der Waals surface area contributed by atoms with Gasteiger partial charge >= 0.3 is 24.2 Å². The van der Waals surface area contributed by atoms with Gasteiger partial charge in [-0.1, -0.05) is 13.2 Å². The maximum atomic E-state index is 11.2. The molecule has 11 heteroatoms. The Balaban J connectivity index is 3.47. The smallest absolute Gasteiger partial charge is 0.459 e. The highest BCUT2D eigenvalue weighted by Crippen LogP contribution is 1.94. The van der Waals surface area contributed by atoms with Crippen molar-refractivity contribution in [3.63, 3.8) is 0 Å². The normalized spacial score (nSPS) is 9.72. The highest BCUT2D eigenvalue weighted by atomic mass is 16.7. The highest BCUT2D eigenvalue weighted by Gasteiger charge is 2.08. The first-order valence-electron chi connectivity index (χ1n) is 8.56. The summed E-state index contributed by atoms with van der Waals surface area (Å²) in [6.45, 7) is 9.21. The van der Waals surface area contributed by atoms with E-state index in [2.05, 4.69) is 22.6 Å². The zero-order chi connectivity index (χ0) is 22.1. The maximum absolute atomic E-state index is 11.2. The summed E-state index contributed by atoms with van der Waals surface area (Å²) in [5.74, 6) is -1.15. The van der Waals surface area contributed by atoms with Gasteiger partial charge in [-0.2, -0.15) is 0 Å². The molecule has 0 radical (unpaired) electrons. The average Bonchev–Trinajstić information content (AvgIpc) is 2.67. The Morgan fingerprint density at radius 3 is 1.10 bits per heavy atom. The fourth-order valence-corrected chi connectivity index (χ4v) is 1.32. The fraction of sp³-hybridized carbons (Fsp3) is 0.556. The Kier molecular flexibility index (Phi) is 14.2. The van der Waals surface area contributed by atoms with Gasteiger partial charge in [0, 0.05) is 11.1 Å². The summed E-state index contributed by atoms with van der Waals surface area (Å²) in [6, 6.07) is 0. The van der Waals surface area contributed by atoms with E-state index in [4.69, 9.17) is 23.7 Å². The lowest BCUT2D eigenvalue weighted by atomic mass is 10.4. The van der Waals surface area contributed by atoms with Crippen LogP contribution in [0.4, 0.5) is 9.59 Å². The number of hydrogen-bond donors (Lipinski definition) is 0. The molecule has 0 bridgehead atoms. The van der Waals surface area contributed by atoms with E-state index in [9.17, 15) is 19.2 Å². The Morgan fingerprint density at radius 1 is 0.517 bits per heavy atom. The van der Waals surface area contributed by atoms with Crippen molar-refractivity contribution in [2.45, 2.75) is 13.8 Å². The van der Waals surface area contributed by atoms with Gasteiger partial charge in [-0.05, 0) is 13.8 Å². The number of carbonyl (C=O) groups is 4. The maximum Gasteiger partial charge on any atom is 0.508 e. The van der Waals surface area contributed by atoms with Crippen LogP contribution in [0.1, 0.15) is 13.8 Å². The first-order chi connectivity index (χ1) is 13.7. The molecular weight excluding hydrogens is 392 g/mol. The SMILES string of the molecule is C=C(C)C(=O)OCCOC(=O)OCCOCCOC(=O)OCCOC(=O)C(=C)C. The average molecular weight is 418 g/mol. The molecule has 0 N–H and O–H groups in total. The number of hydrogen-bond acceptors (Lipinski definition) is 11. The lowest BCUT2D eigenvalue weighted by molar-refractivity contribution is -0.140. The fourth-order valence-electron chi connectivity index (χ4n) is 1.32. The van der Waals surface area contributed by atoms with Crippen molar-refractivity contribution >= 4 is 24.2 Å². The Hall–Kier alpha value is -3.08. The van der Waals surface area contributed by atoms with E-state index in [1.807, 2.05) is 0 Å².